The minimum absolute atomic E-state index is 0.000173. The number of hydrogen-bond donors (Lipinski definition) is 2. The molecular formula is C18H16ClN5O. The molecule has 6 nitrogen and oxygen atoms in total. The molecular weight excluding hydrogens is 338 g/mol. The van der Waals surface area contributed by atoms with Crippen LogP contribution in [-0.4, -0.2) is 20.2 Å². The lowest BCUT2D eigenvalue weighted by Gasteiger charge is -2.07. The van der Waals surface area contributed by atoms with Gasteiger partial charge in [-0.2, -0.15) is 5.10 Å². The zero-order chi connectivity index (χ0) is 17.2. The fraction of sp³-hybridized carbons (Fsp3) is 0.167. The molecule has 3 aromatic rings. The molecule has 25 heavy (non-hydrogen) atoms. The van der Waals surface area contributed by atoms with Crippen LogP contribution in [0.2, 0.25) is 5.02 Å². The number of halogens is 1. The van der Waals surface area contributed by atoms with E-state index in [0.29, 0.717) is 22.5 Å². The van der Waals surface area contributed by atoms with Gasteiger partial charge >= 0.3 is 0 Å². The Kier molecular flexibility index (Phi) is 4.11. The van der Waals surface area contributed by atoms with Crippen LogP contribution in [0.3, 0.4) is 0 Å². The number of ether oxygens (including phenoxy) is 1. The van der Waals surface area contributed by atoms with Gasteiger partial charge in [-0.25, -0.2) is 9.97 Å². The van der Waals surface area contributed by atoms with Crippen LogP contribution in [0.1, 0.15) is 23.9 Å². The van der Waals surface area contributed by atoms with Crippen molar-refractivity contribution in [3.05, 3.63) is 65.1 Å². The second-order valence-electron chi connectivity index (χ2n) is 5.79. The van der Waals surface area contributed by atoms with E-state index in [0.717, 1.165) is 23.4 Å². The van der Waals surface area contributed by atoms with Crippen molar-refractivity contribution in [3.8, 4) is 11.4 Å². The fourth-order valence-electron chi connectivity index (χ4n) is 2.64. The molecule has 1 atom stereocenters. The molecule has 0 saturated heterocycles. The van der Waals surface area contributed by atoms with E-state index in [1.165, 1.54) is 0 Å². The lowest BCUT2D eigenvalue weighted by molar-refractivity contribution is 0.169. The fourth-order valence-corrected chi connectivity index (χ4v) is 2.77. The molecule has 0 fully saturated rings. The van der Waals surface area contributed by atoms with Gasteiger partial charge in [0.05, 0.1) is 12.0 Å². The second-order valence-corrected chi connectivity index (χ2v) is 6.23. The first-order chi connectivity index (χ1) is 12.2. The summed E-state index contributed by atoms with van der Waals surface area (Å²) in [6, 6.07) is 11.3. The molecule has 4 rings (SSSR count). The maximum Gasteiger partial charge on any atom is 0.161 e. The number of anilines is 2. The van der Waals surface area contributed by atoms with Gasteiger partial charge in [0.1, 0.15) is 11.9 Å². The molecule has 1 aliphatic rings. The average Bonchev–Trinajstić information content (AvgIpc) is 3.26. The largest absolute Gasteiger partial charge is 0.492 e. The number of H-pyrrole nitrogens is 1. The number of nitrogens with one attached hydrogen (secondary N) is 2. The van der Waals surface area contributed by atoms with Gasteiger partial charge in [0, 0.05) is 34.8 Å². The van der Waals surface area contributed by atoms with Gasteiger partial charge in [-0.3, -0.25) is 5.10 Å². The molecule has 0 saturated carbocycles. The van der Waals surface area contributed by atoms with Crippen molar-refractivity contribution in [2.45, 2.75) is 19.4 Å². The standard InChI is InChI=1S/C18H16ClN5O/c1-11-9-16(22-18(20-11)12-4-6-13(19)7-5-12)21-17-10-14(23-24-17)15-3-2-8-25-15/h2,4-10,15H,3H2,1H3,(H2,20,21,22,23,24). The molecule has 2 aromatic heterocycles. The second kappa shape index (κ2) is 6.57. The summed E-state index contributed by atoms with van der Waals surface area (Å²) in [5.41, 5.74) is 2.70. The topological polar surface area (TPSA) is 75.7 Å². The van der Waals surface area contributed by atoms with E-state index in [-0.39, 0.29) is 6.10 Å². The monoisotopic (exact) mass is 353 g/mol. The first kappa shape index (κ1) is 15.7. The third-order valence-electron chi connectivity index (χ3n) is 3.85. The number of aryl methyl sites for hydroxylation is 1. The first-order valence-electron chi connectivity index (χ1n) is 7.92. The lowest BCUT2D eigenvalue weighted by atomic mass is 10.2. The minimum atomic E-state index is -0.000173. The Morgan fingerprint density at radius 1 is 1.16 bits per heavy atom. The van der Waals surface area contributed by atoms with Crippen molar-refractivity contribution in [1.82, 2.24) is 20.2 Å². The van der Waals surface area contributed by atoms with Crippen molar-refractivity contribution in [1.29, 1.82) is 0 Å². The van der Waals surface area contributed by atoms with Gasteiger partial charge in [0.2, 0.25) is 0 Å². The van der Waals surface area contributed by atoms with Crippen LogP contribution in [0, 0.1) is 6.92 Å². The molecule has 1 aromatic carbocycles. The number of benzene rings is 1. The normalized spacial score (nSPS) is 16.0. The van der Waals surface area contributed by atoms with Gasteiger partial charge < -0.3 is 10.1 Å². The summed E-state index contributed by atoms with van der Waals surface area (Å²) in [5.74, 6) is 2.00. The molecule has 0 amide bonds. The maximum atomic E-state index is 5.95. The number of aromatic amines is 1. The zero-order valence-corrected chi connectivity index (χ0v) is 14.3. The van der Waals surface area contributed by atoms with Crippen LogP contribution in [0.25, 0.3) is 11.4 Å². The van der Waals surface area contributed by atoms with Crippen molar-refractivity contribution < 1.29 is 4.74 Å². The van der Waals surface area contributed by atoms with Crippen molar-refractivity contribution >= 4 is 23.2 Å². The highest BCUT2D eigenvalue weighted by Gasteiger charge is 2.17. The highest BCUT2D eigenvalue weighted by atomic mass is 35.5. The zero-order valence-electron chi connectivity index (χ0n) is 13.5. The molecule has 2 N–H and O–H groups in total. The Balaban J connectivity index is 1.57. The van der Waals surface area contributed by atoms with Gasteiger partial charge in [0.15, 0.2) is 11.6 Å². The van der Waals surface area contributed by atoms with E-state index in [2.05, 4.69) is 25.5 Å². The molecule has 126 valence electrons. The van der Waals surface area contributed by atoms with E-state index >= 15 is 0 Å². The van der Waals surface area contributed by atoms with E-state index in [1.54, 1.807) is 6.26 Å². The number of hydrogen-bond acceptors (Lipinski definition) is 5. The molecule has 1 aliphatic heterocycles. The van der Waals surface area contributed by atoms with Gasteiger partial charge in [0.25, 0.3) is 0 Å². The number of nitrogens with zero attached hydrogens (tertiary/aromatic N) is 3. The highest BCUT2D eigenvalue weighted by molar-refractivity contribution is 6.30. The van der Waals surface area contributed by atoms with Gasteiger partial charge in [-0.05, 0) is 37.3 Å². The summed E-state index contributed by atoms with van der Waals surface area (Å²) < 4.78 is 5.49. The highest BCUT2D eigenvalue weighted by Crippen LogP contribution is 2.27. The summed E-state index contributed by atoms with van der Waals surface area (Å²) >= 11 is 5.95. The molecule has 0 radical (unpaired) electrons. The van der Waals surface area contributed by atoms with Crippen molar-refractivity contribution in [3.63, 3.8) is 0 Å². The summed E-state index contributed by atoms with van der Waals surface area (Å²) in [6.07, 6.45) is 4.55. The third-order valence-corrected chi connectivity index (χ3v) is 4.10. The quantitative estimate of drug-likeness (QED) is 0.719. The predicted octanol–water partition coefficient (Wildman–Crippen LogP) is 4.55. The van der Waals surface area contributed by atoms with E-state index in [9.17, 15) is 0 Å². The van der Waals surface area contributed by atoms with Gasteiger partial charge in [-0.15, -0.1) is 0 Å². The Morgan fingerprint density at radius 2 is 2.00 bits per heavy atom. The summed E-state index contributed by atoms with van der Waals surface area (Å²) in [6.45, 7) is 1.93. The minimum Gasteiger partial charge on any atom is -0.492 e. The summed E-state index contributed by atoms with van der Waals surface area (Å²) in [5, 5.41) is 11.2. The van der Waals surface area contributed by atoms with E-state index in [1.807, 2.05) is 49.4 Å². The van der Waals surface area contributed by atoms with E-state index in [4.69, 9.17) is 16.3 Å². The summed E-state index contributed by atoms with van der Waals surface area (Å²) in [7, 11) is 0. The maximum absolute atomic E-state index is 5.95. The Bertz CT molecular complexity index is 911. The molecule has 3 heterocycles. The van der Waals surface area contributed by atoms with Crippen LogP contribution in [0.15, 0.2) is 48.7 Å². The third kappa shape index (κ3) is 3.49. The molecule has 0 spiro atoms. The number of rotatable bonds is 4. The van der Waals surface area contributed by atoms with Crippen LogP contribution in [0.4, 0.5) is 11.6 Å². The molecule has 7 heteroatoms. The Labute approximate surface area is 149 Å². The molecule has 1 unspecified atom stereocenters. The van der Waals surface area contributed by atoms with Gasteiger partial charge in [-0.1, -0.05) is 11.6 Å². The molecule has 0 aliphatic carbocycles. The Hall–Kier alpha value is -2.86. The Morgan fingerprint density at radius 3 is 2.76 bits per heavy atom. The average molecular weight is 354 g/mol. The lowest BCUT2D eigenvalue weighted by Crippen LogP contribution is -1.99. The SMILES string of the molecule is Cc1cc(Nc2cc(C3CC=CO3)[nH]n2)nc(-c2ccc(Cl)cc2)n1. The predicted molar refractivity (Wildman–Crippen MR) is 96.7 cm³/mol. The first-order valence-corrected chi connectivity index (χ1v) is 8.29. The van der Waals surface area contributed by atoms with Crippen LogP contribution in [-0.2, 0) is 4.74 Å². The summed E-state index contributed by atoms with van der Waals surface area (Å²) in [4.78, 5) is 9.07. The smallest absolute Gasteiger partial charge is 0.161 e. The molecule has 0 bridgehead atoms. The number of aromatic nitrogens is 4. The van der Waals surface area contributed by atoms with Crippen LogP contribution >= 0.6 is 11.6 Å². The van der Waals surface area contributed by atoms with Crippen LogP contribution < -0.4 is 5.32 Å². The van der Waals surface area contributed by atoms with Crippen molar-refractivity contribution in [2.75, 3.05) is 5.32 Å². The van der Waals surface area contributed by atoms with E-state index < -0.39 is 0 Å². The van der Waals surface area contributed by atoms with Crippen LogP contribution in [0.5, 0.6) is 0 Å². The van der Waals surface area contributed by atoms with Crippen molar-refractivity contribution in [2.24, 2.45) is 0 Å².